The van der Waals surface area contributed by atoms with Gasteiger partial charge in [-0.2, -0.15) is 0 Å². The molecule has 0 unspecified atom stereocenters. The molecule has 0 aliphatic rings. The fourth-order valence-corrected chi connectivity index (χ4v) is 1.30. The second kappa shape index (κ2) is 12.7. The first-order chi connectivity index (χ1) is 10.1. The van der Waals surface area contributed by atoms with Crippen molar-refractivity contribution in [3.05, 3.63) is 103 Å². The maximum absolute atomic E-state index is 3.63. The lowest BCUT2D eigenvalue weighted by atomic mass is 10.2. The zero-order valence-electron chi connectivity index (χ0n) is 13.3. The number of rotatable bonds is 3. The first-order valence-corrected chi connectivity index (χ1v) is 7.13. The smallest absolute Gasteiger partial charge is 0.0263 e. The molecule has 0 atom stereocenters. The third kappa shape index (κ3) is 11.2. The standard InChI is InChI=1S/C8H10.C8H8.C5H8/c2*1-2-8-6-4-3-5-7-8;1-4-5(2)3/h3-7H,2H2,1H3;2-7H,1H2;4H,1-2H2,3H3. The molecule has 0 spiro atoms. The van der Waals surface area contributed by atoms with Crippen LogP contribution in [-0.4, -0.2) is 0 Å². The van der Waals surface area contributed by atoms with Gasteiger partial charge >= 0.3 is 0 Å². The molecule has 0 saturated carbocycles. The molecule has 0 heteroatoms. The summed E-state index contributed by atoms with van der Waals surface area (Å²) in [5, 5.41) is 0. The molecule has 0 N–H and O–H groups in total. The Labute approximate surface area is 130 Å². The largest absolute Gasteiger partial charge is 0.0988 e. The summed E-state index contributed by atoms with van der Waals surface area (Å²) in [6, 6.07) is 20.5. The van der Waals surface area contributed by atoms with Crippen molar-refractivity contribution < 1.29 is 0 Å². The Bertz CT molecular complexity index is 506. The average molecular weight is 278 g/mol. The zero-order chi connectivity index (χ0) is 15.9. The first-order valence-electron chi connectivity index (χ1n) is 7.13. The quantitative estimate of drug-likeness (QED) is 0.576. The maximum Gasteiger partial charge on any atom is -0.0263 e. The van der Waals surface area contributed by atoms with Crippen LogP contribution in [0.5, 0.6) is 0 Å². The van der Waals surface area contributed by atoms with Crippen LogP contribution in [0.2, 0.25) is 0 Å². The summed E-state index contributed by atoms with van der Waals surface area (Å²) in [7, 11) is 0. The summed E-state index contributed by atoms with van der Waals surface area (Å²) in [5.41, 5.74) is 3.60. The molecule has 0 aliphatic carbocycles. The van der Waals surface area contributed by atoms with E-state index in [0.29, 0.717) is 0 Å². The average Bonchev–Trinajstić information content (AvgIpc) is 2.57. The minimum Gasteiger partial charge on any atom is -0.0988 e. The Morgan fingerprint density at radius 3 is 1.57 bits per heavy atom. The molecule has 0 heterocycles. The molecule has 0 aliphatic heterocycles. The van der Waals surface area contributed by atoms with Gasteiger partial charge in [0.15, 0.2) is 0 Å². The third-order valence-corrected chi connectivity index (χ3v) is 2.63. The topological polar surface area (TPSA) is 0 Å². The van der Waals surface area contributed by atoms with Crippen LogP contribution in [0.25, 0.3) is 6.08 Å². The molecule has 0 aromatic heterocycles. The lowest BCUT2D eigenvalue weighted by molar-refractivity contribution is 1.14. The van der Waals surface area contributed by atoms with Crippen LogP contribution in [0.3, 0.4) is 0 Å². The molecule has 0 radical (unpaired) electrons. The SMILES string of the molecule is C=CC(=C)C.C=Cc1ccccc1.CCc1ccccc1. The predicted molar refractivity (Wildman–Crippen MR) is 97.4 cm³/mol. The number of hydrogen-bond donors (Lipinski definition) is 0. The van der Waals surface area contributed by atoms with E-state index in [-0.39, 0.29) is 0 Å². The zero-order valence-corrected chi connectivity index (χ0v) is 13.3. The van der Waals surface area contributed by atoms with Crippen molar-refractivity contribution in [2.24, 2.45) is 0 Å². The Hall–Kier alpha value is -2.34. The van der Waals surface area contributed by atoms with Gasteiger partial charge < -0.3 is 0 Å². The van der Waals surface area contributed by atoms with Crippen LogP contribution in [0.1, 0.15) is 25.0 Å². The van der Waals surface area contributed by atoms with Crippen LogP contribution >= 0.6 is 0 Å². The van der Waals surface area contributed by atoms with Gasteiger partial charge in [0.25, 0.3) is 0 Å². The lowest BCUT2D eigenvalue weighted by Gasteiger charge is -1.89. The van der Waals surface area contributed by atoms with Crippen LogP contribution in [0, 0.1) is 0 Å². The number of hydrogen-bond acceptors (Lipinski definition) is 0. The number of aryl methyl sites for hydroxylation is 1. The van der Waals surface area contributed by atoms with Gasteiger partial charge in [0, 0.05) is 0 Å². The van der Waals surface area contributed by atoms with E-state index in [4.69, 9.17) is 0 Å². The normalized spacial score (nSPS) is 8.29. The maximum atomic E-state index is 3.63. The summed E-state index contributed by atoms with van der Waals surface area (Å²) in [5.74, 6) is 0. The molecule has 0 amide bonds. The third-order valence-electron chi connectivity index (χ3n) is 2.63. The molecule has 21 heavy (non-hydrogen) atoms. The number of allylic oxidation sites excluding steroid dienone is 2. The second-order valence-electron chi connectivity index (χ2n) is 4.50. The van der Waals surface area contributed by atoms with E-state index in [1.54, 1.807) is 6.08 Å². The Morgan fingerprint density at radius 2 is 1.33 bits per heavy atom. The van der Waals surface area contributed by atoms with Crippen molar-refractivity contribution in [3.8, 4) is 0 Å². The summed E-state index contributed by atoms with van der Waals surface area (Å²) < 4.78 is 0. The molecule has 2 aromatic rings. The van der Waals surface area contributed by atoms with Crippen molar-refractivity contribution in [1.82, 2.24) is 0 Å². The highest BCUT2D eigenvalue weighted by atomic mass is 13.9. The monoisotopic (exact) mass is 278 g/mol. The van der Waals surface area contributed by atoms with Gasteiger partial charge in [-0.1, -0.05) is 105 Å². The highest BCUT2D eigenvalue weighted by Gasteiger charge is 1.80. The van der Waals surface area contributed by atoms with E-state index >= 15 is 0 Å². The fourth-order valence-electron chi connectivity index (χ4n) is 1.30. The van der Waals surface area contributed by atoms with E-state index in [1.807, 2.05) is 49.4 Å². The van der Waals surface area contributed by atoms with Crippen molar-refractivity contribution in [2.45, 2.75) is 20.3 Å². The highest BCUT2D eigenvalue weighted by molar-refractivity contribution is 5.45. The summed E-state index contributed by atoms with van der Waals surface area (Å²) in [6.07, 6.45) is 4.70. The van der Waals surface area contributed by atoms with Gasteiger partial charge in [0.05, 0.1) is 0 Å². The van der Waals surface area contributed by atoms with Crippen LogP contribution in [-0.2, 0) is 6.42 Å². The van der Waals surface area contributed by atoms with Crippen LogP contribution < -0.4 is 0 Å². The van der Waals surface area contributed by atoms with Crippen LogP contribution in [0.15, 0.2) is 92.0 Å². The Morgan fingerprint density at radius 1 is 0.905 bits per heavy atom. The molecule has 2 rings (SSSR count). The molecule has 0 nitrogen and oxygen atoms in total. The van der Waals surface area contributed by atoms with E-state index in [0.717, 1.165) is 12.0 Å². The van der Waals surface area contributed by atoms with Crippen molar-refractivity contribution in [3.63, 3.8) is 0 Å². The van der Waals surface area contributed by atoms with Crippen molar-refractivity contribution in [2.75, 3.05) is 0 Å². The Balaban J connectivity index is 0.000000296. The van der Waals surface area contributed by atoms with Gasteiger partial charge in [-0.15, -0.1) is 0 Å². The van der Waals surface area contributed by atoms with Crippen LogP contribution in [0.4, 0.5) is 0 Å². The number of benzene rings is 2. The Kier molecular flexibility index (Phi) is 11.3. The molecule has 0 fully saturated rings. The summed E-state index contributed by atoms with van der Waals surface area (Å²) >= 11 is 0. The molecular weight excluding hydrogens is 252 g/mol. The fraction of sp³-hybridized carbons (Fsp3) is 0.143. The summed E-state index contributed by atoms with van der Waals surface area (Å²) in [6.45, 7) is 14.7. The predicted octanol–water partition coefficient (Wildman–Crippen LogP) is 6.33. The van der Waals surface area contributed by atoms with Crippen molar-refractivity contribution in [1.29, 1.82) is 0 Å². The van der Waals surface area contributed by atoms with Gasteiger partial charge in [-0.25, -0.2) is 0 Å². The van der Waals surface area contributed by atoms with Gasteiger partial charge in [-0.05, 0) is 24.5 Å². The molecule has 0 saturated heterocycles. The van der Waals surface area contributed by atoms with Gasteiger partial charge in [0.1, 0.15) is 0 Å². The van der Waals surface area contributed by atoms with E-state index in [9.17, 15) is 0 Å². The minimum atomic E-state index is 1.02. The molecule has 0 bridgehead atoms. The lowest BCUT2D eigenvalue weighted by Crippen LogP contribution is -1.73. The highest BCUT2D eigenvalue weighted by Crippen LogP contribution is 1.97. The minimum absolute atomic E-state index is 1.02. The second-order valence-corrected chi connectivity index (χ2v) is 4.50. The van der Waals surface area contributed by atoms with Gasteiger partial charge in [-0.3, -0.25) is 0 Å². The van der Waals surface area contributed by atoms with Crippen molar-refractivity contribution >= 4 is 6.08 Å². The first kappa shape index (κ1) is 18.7. The summed E-state index contributed by atoms with van der Waals surface area (Å²) in [4.78, 5) is 0. The molecule has 110 valence electrons. The molecular formula is C21H26. The van der Waals surface area contributed by atoms with E-state index in [1.165, 1.54) is 11.1 Å². The molecule has 2 aromatic carbocycles. The van der Waals surface area contributed by atoms with Gasteiger partial charge in [0.2, 0.25) is 0 Å². The van der Waals surface area contributed by atoms with E-state index < -0.39 is 0 Å². The van der Waals surface area contributed by atoms with E-state index in [2.05, 4.69) is 50.9 Å².